The number of rotatable bonds is 8. The van der Waals surface area contributed by atoms with Crippen LogP contribution in [0.3, 0.4) is 0 Å². The van der Waals surface area contributed by atoms with Crippen molar-refractivity contribution in [3.8, 4) is 0 Å². The molecule has 1 amide bonds. The fourth-order valence-corrected chi connectivity index (χ4v) is 2.03. The van der Waals surface area contributed by atoms with Crippen LogP contribution >= 0.6 is 24.0 Å². The van der Waals surface area contributed by atoms with Gasteiger partial charge in [-0.2, -0.15) is 0 Å². The summed E-state index contributed by atoms with van der Waals surface area (Å²) in [6.07, 6.45) is 4.60. The van der Waals surface area contributed by atoms with Gasteiger partial charge in [-0.25, -0.2) is 4.99 Å². The Bertz CT molecular complexity index is 332. The molecule has 1 unspecified atom stereocenters. The molecule has 0 bridgehead atoms. The summed E-state index contributed by atoms with van der Waals surface area (Å²) in [5, 5.41) is 6.62. The maximum Gasteiger partial charge on any atom is 0.243 e. The number of hydrogen-bond acceptors (Lipinski definition) is 3. The minimum atomic E-state index is 0. The zero-order valence-corrected chi connectivity index (χ0v) is 16.4. The molecule has 0 aromatic heterocycles. The summed E-state index contributed by atoms with van der Waals surface area (Å²) in [5.41, 5.74) is 0. The van der Waals surface area contributed by atoms with Gasteiger partial charge in [0.2, 0.25) is 5.91 Å². The molecule has 1 aliphatic rings. The summed E-state index contributed by atoms with van der Waals surface area (Å²) in [4.78, 5) is 17.6. The summed E-state index contributed by atoms with van der Waals surface area (Å²) in [6.45, 7) is 5.75. The highest BCUT2D eigenvalue weighted by atomic mass is 127. The number of likely N-dealkylation sites (N-methyl/N-ethyl adjacent to an activating group) is 1. The Morgan fingerprint density at radius 1 is 1.32 bits per heavy atom. The van der Waals surface area contributed by atoms with Crippen molar-refractivity contribution in [1.29, 1.82) is 0 Å². The van der Waals surface area contributed by atoms with E-state index in [4.69, 9.17) is 4.74 Å². The molecule has 7 heteroatoms. The maximum absolute atomic E-state index is 11.6. The summed E-state index contributed by atoms with van der Waals surface area (Å²) in [5.74, 6) is 1.28. The Hall–Kier alpha value is -0.570. The number of amides is 1. The first-order valence-electron chi connectivity index (χ1n) is 7.93. The lowest BCUT2D eigenvalue weighted by molar-refractivity contribution is -0.127. The van der Waals surface area contributed by atoms with Crippen molar-refractivity contribution in [2.24, 2.45) is 10.9 Å². The number of nitrogens with one attached hydrogen (secondary N) is 2. The molecular weight excluding hydrogens is 395 g/mol. The molecule has 1 rings (SSSR count). The molecule has 130 valence electrons. The van der Waals surface area contributed by atoms with Gasteiger partial charge < -0.3 is 20.3 Å². The van der Waals surface area contributed by atoms with E-state index < -0.39 is 0 Å². The second kappa shape index (κ2) is 12.9. The fourth-order valence-electron chi connectivity index (χ4n) is 2.03. The van der Waals surface area contributed by atoms with Gasteiger partial charge in [0.15, 0.2) is 5.96 Å². The smallest absolute Gasteiger partial charge is 0.243 e. The standard InChI is InChI=1S/C15H30N4O2.HI/c1-4-5-6-8-16-15(18-11-14(20)19(2)3)17-10-13-7-9-21-12-13;/h13H,4-12H2,1-3H3,(H2,16,17,18);1H. The highest BCUT2D eigenvalue weighted by Crippen LogP contribution is 2.10. The third kappa shape index (κ3) is 9.45. The number of hydrogen-bond donors (Lipinski definition) is 2. The van der Waals surface area contributed by atoms with Crippen LogP contribution in [0.4, 0.5) is 0 Å². The number of unbranched alkanes of at least 4 members (excludes halogenated alkanes) is 2. The van der Waals surface area contributed by atoms with Gasteiger partial charge in [0.25, 0.3) is 0 Å². The van der Waals surface area contributed by atoms with E-state index in [9.17, 15) is 4.79 Å². The van der Waals surface area contributed by atoms with E-state index in [-0.39, 0.29) is 36.4 Å². The number of carbonyl (C=O) groups is 1. The zero-order valence-electron chi connectivity index (χ0n) is 14.1. The number of ether oxygens (including phenoxy) is 1. The summed E-state index contributed by atoms with van der Waals surface area (Å²) >= 11 is 0. The molecule has 0 aromatic carbocycles. The predicted octanol–water partition coefficient (Wildman–Crippen LogP) is 1.45. The second-order valence-corrected chi connectivity index (χ2v) is 5.70. The minimum absolute atomic E-state index is 0. The summed E-state index contributed by atoms with van der Waals surface area (Å²) in [6, 6.07) is 0. The highest BCUT2D eigenvalue weighted by Gasteiger charge is 2.15. The van der Waals surface area contributed by atoms with Gasteiger partial charge in [0.1, 0.15) is 6.54 Å². The molecule has 2 N–H and O–H groups in total. The number of guanidine groups is 1. The highest BCUT2D eigenvalue weighted by molar-refractivity contribution is 14.0. The Balaban J connectivity index is 0.00000441. The lowest BCUT2D eigenvalue weighted by Crippen LogP contribution is -2.41. The minimum Gasteiger partial charge on any atom is -0.381 e. The number of nitrogens with zero attached hydrogens (tertiary/aromatic N) is 2. The molecule has 1 atom stereocenters. The molecule has 0 saturated carbocycles. The Morgan fingerprint density at radius 2 is 2.09 bits per heavy atom. The van der Waals surface area contributed by atoms with Crippen molar-refractivity contribution in [3.05, 3.63) is 0 Å². The van der Waals surface area contributed by atoms with E-state index in [1.54, 1.807) is 19.0 Å². The Morgan fingerprint density at radius 3 is 2.68 bits per heavy atom. The van der Waals surface area contributed by atoms with Crippen LogP contribution in [0.15, 0.2) is 4.99 Å². The van der Waals surface area contributed by atoms with Crippen LogP contribution in [0.2, 0.25) is 0 Å². The van der Waals surface area contributed by atoms with E-state index >= 15 is 0 Å². The van der Waals surface area contributed by atoms with Crippen LogP contribution in [0.1, 0.15) is 32.6 Å². The van der Waals surface area contributed by atoms with E-state index in [1.165, 1.54) is 12.8 Å². The van der Waals surface area contributed by atoms with E-state index in [0.29, 0.717) is 5.92 Å². The van der Waals surface area contributed by atoms with Crippen LogP contribution < -0.4 is 10.6 Å². The van der Waals surface area contributed by atoms with Crippen LogP contribution in [0, 0.1) is 5.92 Å². The molecule has 0 aromatic rings. The van der Waals surface area contributed by atoms with Crippen LogP contribution in [-0.2, 0) is 9.53 Å². The van der Waals surface area contributed by atoms with Gasteiger partial charge in [-0.1, -0.05) is 19.8 Å². The molecular formula is C15H31IN4O2. The molecule has 0 aliphatic carbocycles. The number of aliphatic imine (C=N–C) groups is 1. The van der Waals surface area contributed by atoms with Gasteiger partial charge >= 0.3 is 0 Å². The predicted molar refractivity (Wildman–Crippen MR) is 101 cm³/mol. The Kier molecular flexibility index (Phi) is 12.6. The molecule has 1 aliphatic heterocycles. The van der Waals surface area contributed by atoms with Gasteiger partial charge in [0, 0.05) is 39.7 Å². The fraction of sp³-hybridized carbons (Fsp3) is 0.867. The van der Waals surface area contributed by atoms with Crippen molar-refractivity contribution >= 4 is 35.8 Å². The molecule has 6 nitrogen and oxygen atoms in total. The van der Waals surface area contributed by atoms with Crippen LogP contribution in [0.25, 0.3) is 0 Å². The number of carbonyl (C=O) groups excluding carboxylic acids is 1. The van der Waals surface area contributed by atoms with Gasteiger partial charge in [0.05, 0.1) is 6.61 Å². The Labute approximate surface area is 151 Å². The SMILES string of the molecule is CCCCCNC(=NCC(=O)N(C)C)NCC1CCOC1.I. The largest absolute Gasteiger partial charge is 0.381 e. The molecule has 22 heavy (non-hydrogen) atoms. The number of halogens is 1. The molecule has 0 spiro atoms. The average Bonchev–Trinajstić information content (AvgIpc) is 2.98. The molecule has 1 fully saturated rings. The quantitative estimate of drug-likeness (QED) is 0.267. The van der Waals surface area contributed by atoms with E-state index in [0.717, 1.165) is 45.1 Å². The average molecular weight is 426 g/mol. The zero-order chi connectivity index (χ0) is 15.5. The third-order valence-corrected chi connectivity index (χ3v) is 3.53. The van der Waals surface area contributed by atoms with E-state index in [2.05, 4.69) is 22.5 Å². The molecule has 0 radical (unpaired) electrons. The lowest BCUT2D eigenvalue weighted by atomic mass is 10.1. The van der Waals surface area contributed by atoms with Crippen LogP contribution in [-0.4, -0.2) is 63.7 Å². The van der Waals surface area contributed by atoms with Gasteiger partial charge in [-0.05, 0) is 12.8 Å². The van der Waals surface area contributed by atoms with Gasteiger partial charge in [-0.3, -0.25) is 4.79 Å². The maximum atomic E-state index is 11.6. The summed E-state index contributed by atoms with van der Waals surface area (Å²) in [7, 11) is 3.49. The monoisotopic (exact) mass is 426 g/mol. The topological polar surface area (TPSA) is 66.0 Å². The first-order chi connectivity index (χ1) is 10.1. The van der Waals surface area contributed by atoms with Gasteiger partial charge in [-0.15, -0.1) is 24.0 Å². The van der Waals surface area contributed by atoms with Crippen molar-refractivity contribution in [1.82, 2.24) is 15.5 Å². The summed E-state index contributed by atoms with van der Waals surface area (Å²) < 4.78 is 5.37. The first-order valence-corrected chi connectivity index (χ1v) is 7.93. The second-order valence-electron chi connectivity index (χ2n) is 5.70. The van der Waals surface area contributed by atoms with Crippen molar-refractivity contribution in [2.75, 3.05) is 46.9 Å². The van der Waals surface area contributed by atoms with Crippen molar-refractivity contribution in [3.63, 3.8) is 0 Å². The van der Waals surface area contributed by atoms with Crippen LogP contribution in [0.5, 0.6) is 0 Å². The molecule has 1 saturated heterocycles. The van der Waals surface area contributed by atoms with Crippen molar-refractivity contribution < 1.29 is 9.53 Å². The lowest BCUT2D eigenvalue weighted by Gasteiger charge is -2.15. The van der Waals surface area contributed by atoms with E-state index in [1.807, 2.05) is 0 Å². The van der Waals surface area contributed by atoms with Crippen molar-refractivity contribution in [2.45, 2.75) is 32.6 Å². The third-order valence-electron chi connectivity index (χ3n) is 3.53. The normalized spacial score (nSPS) is 17.8. The molecule has 1 heterocycles. The first kappa shape index (κ1) is 21.4.